The minimum Gasteiger partial charge on any atom is -0.368 e. The predicted octanol–water partition coefficient (Wildman–Crippen LogP) is 1.51. The number of hydrogen-bond donors (Lipinski definition) is 1. The van der Waals surface area contributed by atoms with Crippen LogP contribution in [0.4, 0.5) is 10.1 Å². The van der Waals surface area contributed by atoms with E-state index in [0.29, 0.717) is 18.9 Å². The fourth-order valence-electron chi connectivity index (χ4n) is 2.35. The van der Waals surface area contributed by atoms with Crippen molar-refractivity contribution in [2.45, 2.75) is 0 Å². The summed E-state index contributed by atoms with van der Waals surface area (Å²) >= 11 is 0. The zero-order valence-corrected chi connectivity index (χ0v) is 10.9. The number of halogens is 1. The average molecular weight is 274 g/mol. The fraction of sp³-hybridized carbons (Fsp3) is 0.286. The van der Waals surface area contributed by atoms with Crippen molar-refractivity contribution >= 4 is 11.6 Å². The molecule has 1 aliphatic heterocycles. The van der Waals surface area contributed by atoms with Crippen molar-refractivity contribution in [1.29, 1.82) is 0 Å². The van der Waals surface area contributed by atoms with E-state index in [-0.39, 0.29) is 11.7 Å². The number of piperazine rings is 1. The van der Waals surface area contributed by atoms with Crippen LogP contribution in [0.3, 0.4) is 0 Å². The normalized spacial score (nSPS) is 15.4. The molecule has 1 aromatic carbocycles. The van der Waals surface area contributed by atoms with Crippen LogP contribution in [0.2, 0.25) is 0 Å². The molecule has 20 heavy (non-hydrogen) atoms. The molecule has 104 valence electrons. The van der Waals surface area contributed by atoms with Gasteiger partial charge in [0.25, 0.3) is 5.91 Å². The van der Waals surface area contributed by atoms with E-state index in [1.807, 2.05) is 0 Å². The maximum Gasteiger partial charge on any atom is 0.289 e. The third kappa shape index (κ3) is 2.49. The Kier molecular flexibility index (Phi) is 3.37. The number of rotatable bonds is 2. The number of benzene rings is 1. The summed E-state index contributed by atoms with van der Waals surface area (Å²) < 4.78 is 12.9. The Bertz CT molecular complexity index is 574. The molecule has 1 aromatic heterocycles. The first-order chi connectivity index (χ1) is 9.74. The van der Waals surface area contributed by atoms with Crippen LogP contribution >= 0.6 is 0 Å². The molecular formula is C14H15FN4O. The molecule has 5 nitrogen and oxygen atoms in total. The minimum absolute atomic E-state index is 0.0752. The molecule has 1 amide bonds. The number of nitrogens with zero attached hydrogens (tertiary/aromatic N) is 3. The van der Waals surface area contributed by atoms with Crippen LogP contribution in [0.15, 0.2) is 36.7 Å². The van der Waals surface area contributed by atoms with Crippen LogP contribution in [0, 0.1) is 5.82 Å². The number of amides is 1. The molecule has 0 unspecified atom stereocenters. The summed E-state index contributed by atoms with van der Waals surface area (Å²) in [7, 11) is 0. The Morgan fingerprint density at radius 1 is 1.15 bits per heavy atom. The second-order valence-corrected chi connectivity index (χ2v) is 4.69. The first-order valence-corrected chi connectivity index (χ1v) is 6.53. The highest BCUT2D eigenvalue weighted by Crippen LogP contribution is 2.17. The van der Waals surface area contributed by atoms with Crippen molar-refractivity contribution in [3.63, 3.8) is 0 Å². The standard InChI is InChI=1S/C14H15FN4O/c15-11-1-3-12(4-2-11)18-7-9-19(10-8-18)14(20)13-16-5-6-17-13/h1-6H,7-10H2,(H,16,17). The van der Waals surface area contributed by atoms with Crippen molar-refractivity contribution in [3.05, 3.63) is 48.3 Å². The molecule has 0 atom stereocenters. The van der Waals surface area contributed by atoms with E-state index in [2.05, 4.69) is 14.9 Å². The number of H-pyrrole nitrogens is 1. The van der Waals surface area contributed by atoms with Gasteiger partial charge in [0.15, 0.2) is 5.82 Å². The molecule has 1 N–H and O–H groups in total. The summed E-state index contributed by atoms with van der Waals surface area (Å²) in [5.41, 5.74) is 0.983. The molecule has 2 heterocycles. The summed E-state index contributed by atoms with van der Waals surface area (Å²) in [4.78, 5) is 22.8. The first kappa shape index (κ1) is 12.7. The van der Waals surface area contributed by atoms with Gasteiger partial charge < -0.3 is 14.8 Å². The quantitative estimate of drug-likeness (QED) is 0.903. The zero-order valence-electron chi connectivity index (χ0n) is 10.9. The second kappa shape index (κ2) is 5.32. The Balaban J connectivity index is 1.62. The van der Waals surface area contributed by atoms with E-state index in [4.69, 9.17) is 0 Å². The van der Waals surface area contributed by atoms with Crippen molar-refractivity contribution in [2.75, 3.05) is 31.1 Å². The maximum absolute atomic E-state index is 12.9. The molecule has 0 radical (unpaired) electrons. The van der Waals surface area contributed by atoms with Gasteiger partial charge in [0.05, 0.1) is 0 Å². The zero-order chi connectivity index (χ0) is 13.9. The van der Waals surface area contributed by atoms with Gasteiger partial charge in [-0.1, -0.05) is 0 Å². The van der Waals surface area contributed by atoms with E-state index in [9.17, 15) is 9.18 Å². The monoisotopic (exact) mass is 274 g/mol. The van der Waals surface area contributed by atoms with Gasteiger partial charge in [-0.3, -0.25) is 4.79 Å². The van der Waals surface area contributed by atoms with Gasteiger partial charge in [-0.15, -0.1) is 0 Å². The van der Waals surface area contributed by atoms with Crippen molar-refractivity contribution in [2.24, 2.45) is 0 Å². The summed E-state index contributed by atoms with van der Waals surface area (Å²) in [5, 5.41) is 0. The smallest absolute Gasteiger partial charge is 0.289 e. The van der Waals surface area contributed by atoms with Gasteiger partial charge in [-0.25, -0.2) is 9.37 Å². The Morgan fingerprint density at radius 2 is 1.85 bits per heavy atom. The summed E-state index contributed by atoms with van der Waals surface area (Å²) in [6.45, 7) is 2.74. The molecule has 6 heteroatoms. The van der Waals surface area contributed by atoms with Crippen molar-refractivity contribution < 1.29 is 9.18 Å². The molecule has 0 aliphatic carbocycles. The third-order valence-electron chi connectivity index (χ3n) is 3.46. The number of carbonyl (C=O) groups excluding carboxylic acids is 1. The largest absolute Gasteiger partial charge is 0.368 e. The first-order valence-electron chi connectivity index (χ1n) is 6.53. The Labute approximate surface area is 116 Å². The highest BCUT2D eigenvalue weighted by atomic mass is 19.1. The minimum atomic E-state index is -0.236. The molecule has 0 spiro atoms. The number of aromatic amines is 1. The lowest BCUT2D eigenvalue weighted by atomic mass is 10.2. The number of aromatic nitrogens is 2. The average Bonchev–Trinajstić information content (AvgIpc) is 3.02. The van der Waals surface area contributed by atoms with Gasteiger partial charge >= 0.3 is 0 Å². The van der Waals surface area contributed by atoms with E-state index in [1.165, 1.54) is 12.1 Å². The molecule has 1 saturated heterocycles. The Hall–Kier alpha value is -2.37. The number of carbonyl (C=O) groups is 1. The highest BCUT2D eigenvalue weighted by molar-refractivity contribution is 5.90. The number of nitrogens with one attached hydrogen (secondary N) is 1. The number of imidazole rings is 1. The van der Waals surface area contributed by atoms with Gasteiger partial charge in [0, 0.05) is 44.3 Å². The maximum atomic E-state index is 12.9. The van der Waals surface area contributed by atoms with Gasteiger partial charge in [0.2, 0.25) is 0 Å². The molecular weight excluding hydrogens is 259 g/mol. The van der Waals surface area contributed by atoms with Gasteiger partial charge in [-0.2, -0.15) is 0 Å². The molecule has 2 aromatic rings. The number of hydrogen-bond acceptors (Lipinski definition) is 3. The summed E-state index contributed by atoms with van der Waals surface area (Å²) in [5.74, 6) is 0.0642. The predicted molar refractivity (Wildman–Crippen MR) is 73.1 cm³/mol. The SMILES string of the molecule is O=C(c1ncc[nH]1)N1CCN(c2ccc(F)cc2)CC1. The van der Waals surface area contributed by atoms with E-state index < -0.39 is 0 Å². The lowest BCUT2D eigenvalue weighted by Crippen LogP contribution is -2.49. The van der Waals surface area contributed by atoms with Crippen molar-refractivity contribution in [1.82, 2.24) is 14.9 Å². The van der Waals surface area contributed by atoms with Crippen LogP contribution in [0.5, 0.6) is 0 Å². The van der Waals surface area contributed by atoms with E-state index in [0.717, 1.165) is 18.8 Å². The topological polar surface area (TPSA) is 52.2 Å². The van der Waals surface area contributed by atoms with Crippen LogP contribution in [-0.4, -0.2) is 47.0 Å². The molecule has 3 rings (SSSR count). The van der Waals surface area contributed by atoms with Crippen molar-refractivity contribution in [3.8, 4) is 0 Å². The highest BCUT2D eigenvalue weighted by Gasteiger charge is 2.23. The molecule has 0 saturated carbocycles. The van der Waals surface area contributed by atoms with Crippen LogP contribution in [-0.2, 0) is 0 Å². The second-order valence-electron chi connectivity index (χ2n) is 4.69. The van der Waals surface area contributed by atoms with E-state index in [1.54, 1.807) is 29.4 Å². The molecule has 1 aliphatic rings. The van der Waals surface area contributed by atoms with Gasteiger partial charge in [0.1, 0.15) is 5.82 Å². The number of anilines is 1. The summed E-state index contributed by atoms with van der Waals surface area (Å²) in [6.07, 6.45) is 3.21. The van der Waals surface area contributed by atoms with Crippen LogP contribution in [0.1, 0.15) is 10.6 Å². The van der Waals surface area contributed by atoms with Crippen LogP contribution < -0.4 is 4.90 Å². The van der Waals surface area contributed by atoms with Gasteiger partial charge in [-0.05, 0) is 24.3 Å². The fourth-order valence-corrected chi connectivity index (χ4v) is 2.35. The van der Waals surface area contributed by atoms with Crippen LogP contribution in [0.25, 0.3) is 0 Å². The lowest BCUT2D eigenvalue weighted by Gasteiger charge is -2.35. The lowest BCUT2D eigenvalue weighted by molar-refractivity contribution is 0.0735. The Morgan fingerprint density at radius 3 is 2.45 bits per heavy atom. The molecule has 1 fully saturated rings. The molecule has 0 bridgehead atoms. The third-order valence-corrected chi connectivity index (χ3v) is 3.46. The summed E-state index contributed by atoms with van der Waals surface area (Å²) in [6, 6.07) is 6.43. The van der Waals surface area contributed by atoms with E-state index >= 15 is 0 Å².